The summed E-state index contributed by atoms with van der Waals surface area (Å²) in [7, 11) is 3.69. The van der Waals surface area contributed by atoms with Crippen LogP contribution in [0.1, 0.15) is 31.7 Å². The van der Waals surface area contributed by atoms with Gasteiger partial charge in [-0.05, 0) is 12.8 Å². The van der Waals surface area contributed by atoms with Crippen molar-refractivity contribution in [3.63, 3.8) is 0 Å². The number of halogens is 1. The molecular weight excluding hydrogens is 381 g/mol. The molecule has 0 saturated heterocycles. The average Bonchev–Trinajstić information content (AvgIpc) is 2.87. The highest BCUT2D eigenvalue weighted by Crippen LogP contribution is 1.94. The Morgan fingerprint density at radius 3 is 2.71 bits per heavy atom. The maximum Gasteiger partial charge on any atom is 0.191 e. The second kappa shape index (κ2) is 12.9. The third-order valence-corrected chi connectivity index (χ3v) is 2.84. The quantitative estimate of drug-likeness (QED) is 0.283. The molecule has 2 N–H and O–H groups in total. The second-order valence-electron chi connectivity index (χ2n) is 4.69. The van der Waals surface area contributed by atoms with E-state index in [9.17, 15) is 0 Å². The molecule has 1 rings (SSSR count). The monoisotopic (exact) mass is 409 g/mol. The summed E-state index contributed by atoms with van der Waals surface area (Å²) in [6.45, 7) is 5.42. The van der Waals surface area contributed by atoms with E-state index >= 15 is 0 Å². The number of guanidine groups is 1. The summed E-state index contributed by atoms with van der Waals surface area (Å²) < 4.78 is 7.30. The van der Waals surface area contributed by atoms with E-state index in [0.29, 0.717) is 0 Å². The molecule has 1 aromatic rings. The molecule has 1 heterocycles. The molecule has 0 spiro atoms. The highest BCUT2D eigenvalue weighted by molar-refractivity contribution is 14.0. The Kier molecular flexibility index (Phi) is 12.4. The maximum absolute atomic E-state index is 5.51. The highest BCUT2D eigenvalue weighted by atomic mass is 127. The van der Waals surface area contributed by atoms with Gasteiger partial charge in [0.1, 0.15) is 0 Å². The Labute approximate surface area is 144 Å². The molecule has 0 aliphatic heterocycles. The van der Waals surface area contributed by atoms with Crippen molar-refractivity contribution in [2.24, 2.45) is 12.0 Å². The van der Waals surface area contributed by atoms with Crippen molar-refractivity contribution in [2.45, 2.75) is 32.7 Å². The van der Waals surface area contributed by atoms with E-state index in [4.69, 9.17) is 4.74 Å². The number of aryl methyl sites for hydroxylation is 1. The van der Waals surface area contributed by atoms with Gasteiger partial charge in [0.25, 0.3) is 0 Å². The first kappa shape index (κ1) is 20.2. The summed E-state index contributed by atoms with van der Waals surface area (Å²) in [5, 5.41) is 10.7. The van der Waals surface area contributed by atoms with Gasteiger partial charge in [-0.2, -0.15) is 5.10 Å². The first-order valence-electron chi connectivity index (χ1n) is 7.26. The van der Waals surface area contributed by atoms with Crippen molar-refractivity contribution in [3.05, 3.63) is 18.0 Å². The van der Waals surface area contributed by atoms with Crippen LogP contribution in [0.4, 0.5) is 0 Å². The number of hydrogen-bond acceptors (Lipinski definition) is 3. The summed E-state index contributed by atoms with van der Waals surface area (Å²) in [5.74, 6) is 0.808. The normalized spacial score (nSPS) is 11.1. The van der Waals surface area contributed by atoms with Crippen molar-refractivity contribution in [1.82, 2.24) is 20.4 Å². The predicted octanol–water partition coefficient (Wildman–Crippen LogP) is 1.91. The van der Waals surface area contributed by atoms with E-state index in [1.807, 2.05) is 19.4 Å². The fourth-order valence-electron chi connectivity index (χ4n) is 1.70. The van der Waals surface area contributed by atoms with E-state index in [-0.39, 0.29) is 24.0 Å². The van der Waals surface area contributed by atoms with Crippen LogP contribution in [-0.2, 0) is 18.3 Å². The highest BCUT2D eigenvalue weighted by Gasteiger charge is 1.99. The Hall–Kier alpha value is -0.830. The lowest BCUT2D eigenvalue weighted by atomic mass is 10.3. The van der Waals surface area contributed by atoms with Crippen molar-refractivity contribution in [2.75, 3.05) is 26.8 Å². The molecule has 0 atom stereocenters. The molecule has 0 radical (unpaired) electrons. The van der Waals surface area contributed by atoms with Crippen molar-refractivity contribution >= 4 is 29.9 Å². The summed E-state index contributed by atoms with van der Waals surface area (Å²) in [4.78, 5) is 4.18. The van der Waals surface area contributed by atoms with Gasteiger partial charge in [-0.3, -0.25) is 9.67 Å². The van der Waals surface area contributed by atoms with Gasteiger partial charge >= 0.3 is 0 Å². The van der Waals surface area contributed by atoms with Crippen LogP contribution >= 0.6 is 24.0 Å². The van der Waals surface area contributed by atoms with Gasteiger partial charge in [0, 0.05) is 52.2 Å². The van der Waals surface area contributed by atoms with E-state index in [1.165, 1.54) is 6.42 Å². The Balaban J connectivity index is 0.00000400. The fraction of sp³-hybridized carbons (Fsp3) is 0.714. The SMILES string of the molecule is CCCCOCCCNC(=NC)NCc1cnn(C)c1.I. The van der Waals surface area contributed by atoms with E-state index in [0.717, 1.165) is 50.7 Å². The zero-order chi connectivity index (χ0) is 14.6. The lowest BCUT2D eigenvalue weighted by Gasteiger charge is -2.11. The van der Waals surface area contributed by atoms with Crippen LogP contribution in [0, 0.1) is 0 Å². The maximum atomic E-state index is 5.51. The Bertz CT molecular complexity index is 394. The number of nitrogens with zero attached hydrogens (tertiary/aromatic N) is 3. The Morgan fingerprint density at radius 1 is 1.33 bits per heavy atom. The number of unbranched alkanes of at least 4 members (excludes halogenated alkanes) is 1. The smallest absolute Gasteiger partial charge is 0.191 e. The number of ether oxygens (including phenoxy) is 1. The number of hydrogen-bond donors (Lipinski definition) is 2. The van der Waals surface area contributed by atoms with Crippen LogP contribution in [-0.4, -0.2) is 42.5 Å². The van der Waals surface area contributed by atoms with E-state index in [2.05, 4.69) is 27.6 Å². The molecule has 6 nitrogen and oxygen atoms in total. The molecule has 21 heavy (non-hydrogen) atoms. The first-order chi connectivity index (χ1) is 9.76. The number of nitrogens with one attached hydrogen (secondary N) is 2. The van der Waals surface area contributed by atoms with Crippen molar-refractivity contribution in [1.29, 1.82) is 0 Å². The van der Waals surface area contributed by atoms with Gasteiger partial charge in [-0.1, -0.05) is 13.3 Å². The lowest BCUT2D eigenvalue weighted by molar-refractivity contribution is 0.129. The fourth-order valence-corrected chi connectivity index (χ4v) is 1.70. The zero-order valence-corrected chi connectivity index (χ0v) is 15.6. The lowest BCUT2D eigenvalue weighted by Crippen LogP contribution is -2.37. The molecule has 0 unspecified atom stereocenters. The minimum Gasteiger partial charge on any atom is -0.381 e. The van der Waals surface area contributed by atoms with Gasteiger partial charge in [0.15, 0.2) is 5.96 Å². The summed E-state index contributed by atoms with van der Waals surface area (Å²) in [6.07, 6.45) is 7.14. The topological polar surface area (TPSA) is 63.5 Å². The number of rotatable bonds is 9. The predicted molar refractivity (Wildman–Crippen MR) is 97.2 cm³/mol. The molecule has 0 saturated carbocycles. The minimum absolute atomic E-state index is 0. The molecule has 0 bridgehead atoms. The summed E-state index contributed by atoms with van der Waals surface area (Å²) >= 11 is 0. The molecule has 122 valence electrons. The van der Waals surface area contributed by atoms with Gasteiger partial charge in [0.2, 0.25) is 0 Å². The van der Waals surface area contributed by atoms with Crippen LogP contribution in [0.2, 0.25) is 0 Å². The number of aliphatic imine (C=N–C) groups is 1. The molecule has 0 aromatic carbocycles. The second-order valence-corrected chi connectivity index (χ2v) is 4.69. The third kappa shape index (κ3) is 9.67. The largest absolute Gasteiger partial charge is 0.381 e. The molecular formula is C14H28IN5O. The molecule has 7 heteroatoms. The standard InChI is InChI=1S/C14H27N5O.HI/c1-4-5-8-20-9-6-7-16-14(15-2)17-10-13-11-18-19(3)12-13;/h11-12H,4-10H2,1-3H3,(H2,15,16,17);1H. The van der Waals surface area contributed by atoms with Crippen LogP contribution in [0.15, 0.2) is 17.4 Å². The van der Waals surface area contributed by atoms with Crippen LogP contribution in [0.3, 0.4) is 0 Å². The van der Waals surface area contributed by atoms with Crippen molar-refractivity contribution < 1.29 is 4.74 Å². The van der Waals surface area contributed by atoms with E-state index < -0.39 is 0 Å². The molecule has 0 fully saturated rings. The Morgan fingerprint density at radius 2 is 2.10 bits per heavy atom. The first-order valence-corrected chi connectivity index (χ1v) is 7.26. The van der Waals surface area contributed by atoms with Crippen LogP contribution < -0.4 is 10.6 Å². The molecule has 1 aromatic heterocycles. The summed E-state index contributed by atoms with van der Waals surface area (Å²) in [6, 6.07) is 0. The van der Waals surface area contributed by atoms with Crippen LogP contribution in [0.25, 0.3) is 0 Å². The minimum atomic E-state index is 0. The zero-order valence-electron chi connectivity index (χ0n) is 13.3. The number of aromatic nitrogens is 2. The van der Waals surface area contributed by atoms with Gasteiger partial charge in [0.05, 0.1) is 6.20 Å². The van der Waals surface area contributed by atoms with E-state index in [1.54, 1.807) is 11.7 Å². The average molecular weight is 409 g/mol. The third-order valence-electron chi connectivity index (χ3n) is 2.84. The van der Waals surface area contributed by atoms with Gasteiger partial charge in [-0.25, -0.2) is 0 Å². The molecule has 0 amide bonds. The van der Waals surface area contributed by atoms with Crippen LogP contribution in [0.5, 0.6) is 0 Å². The van der Waals surface area contributed by atoms with Gasteiger partial charge in [-0.15, -0.1) is 24.0 Å². The molecule has 0 aliphatic rings. The van der Waals surface area contributed by atoms with Gasteiger partial charge < -0.3 is 15.4 Å². The summed E-state index contributed by atoms with van der Waals surface area (Å²) in [5.41, 5.74) is 1.14. The van der Waals surface area contributed by atoms with Crippen molar-refractivity contribution in [3.8, 4) is 0 Å². The molecule has 0 aliphatic carbocycles.